The highest BCUT2D eigenvalue weighted by atomic mass is 79.9. The molecule has 33 heavy (non-hydrogen) atoms. The van der Waals surface area contributed by atoms with Crippen LogP contribution in [0.2, 0.25) is 0 Å². The van der Waals surface area contributed by atoms with Crippen LogP contribution in [-0.2, 0) is 25.6 Å². The molecule has 1 fully saturated rings. The molecular weight excluding hydrogens is 486 g/mol. The van der Waals surface area contributed by atoms with E-state index >= 15 is 0 Å². The lowest BCUT2D eigenvalue weighted by Crippen LogP contribution is -2.51. The van der Waals surface area contributed by atoms with Gasteiger partial charge in [0, 0.05) is 29.4 Å². The molecule has 0 aromatic heterocycles. The maximum absolute atomic E-state index is 13.0. The van der Waals surface area contributed by atoms with Gasteiger partial charge in [0.2, 0.25) is 17.7 Å². The maximum atomic E-state index is 13.0. The van der Waals surface area contributed by atoms with Crippen LogP contribution in [0.4, 0.5) is 0 Å². The summed E-state index contributed by atoms with van der Waals surface area (Å²) in [5.74, 6) is -1.32. The summed E-state index contributed by atoms with van der Waals surface area (Å²) in [4.78, 5) is 49.0. The van der Waals surface area contributed by atoms with Crippen LogP contribution in [0.15, 0.2) is 65.1 Å². The average molecular weight is 512 g/mol. The van der Waals surface area contributed by atoms with Crippen LogP contribution >= 0.6 is 15.9 Å². The van der Waals surface area contributed by atoms with Crippen LogP contribution in [0, 0.1) is 5.92 Å². The van der Waals surface area contributed by atoms with E-state index in [1.807, 2.05) is 54.6 Å². The first-order valence-corrected chi connectivity index (χ1v) is 11.6. The van der Waals surface area contributed by atoms with Crippen LogP contribution in [0.25, 0.3) is 6.08 Å². The van der Waals surface area contributed by atoms with Crippen molar-refractivity contribution in [3.05, 3.63) is 76.3 Å². The molecule has 0 radical (unpaired) electrons. The van der Waals surface area contributed by atoms with Crippen molar-refractivity contribution in [2.75, 3.05) is 6.54 Å². The summed E-state index contributed by atoms with van der Waals surface area (Å²) in [6.07, 6.45) is 4.79. The van der Waals surface area contributed by atoms with Crippen LogP contribution in [0.1, 0.15) is 24.0 Å². The summed E-state index contributed by atoms with van der Waals surface area (Å²) in [7, 11) is 0. The van der Waals surface area contributed by atoms with Gasteiger partial charge >= 0.3 is 0 Å². The molecule has 3 atom stereocenters. The van der Waals surface area contributed by atoms with E-state index in [0.717, 1.165) is 15.6 Å². The number of carbonyl (C=O) groups excluding carboxylic acids is 4. The fourth-order valence-corrected chi connectivity index (χ4v) is 4.09. The van der Waals surface area contributed by atoms with E-state index in [-0.39, 0.29) is 24.7 Å². The summed E-state index contributed by atoms with van der Waals surface area (Å²) in [6.45, 7) is 0.569. The zero-order chi connectivity index (χ0) is 23.6. The fourth-order valence-electron chi connectivity index (χ4n) is 3.67. The average Bonchev–Trinajstić information content (AvgIpc) is 3.21. The van der Waals surface area contributed by atoms with Gasteiger partial charge in [-0.05, 0) is 42.2 Å². The highest BCUT2D eigenvalue weighted by Gasteiger charge is 2.29. The fraction of sp³-hybridized carbons (Fsp3) is 0.280. The molecule has 2 aromatic rings. The number of amides is 3. The third-order valence-electron chi connectivity index (χ3n) is 5.38. The van der Waals surface area contributed by atoms with Crippen molar-refractivity contribution >= 4 is 46.0 Å². The summed E-state index contributed by atoms with van der Waals surface area (Å²) >= 11 is 3.39. The smallest absolute Gasteiger partial charge is 0.244 e. The molecule has 1 heterocycles. The second-order valence-corrected chi connectivity index (χ2v) is 8.82. The highest BCUT2D eigenvalue weighted by molar-refractivity contribution is 9.10. The topological polar surface area (TPSA) is 104 Å². The molecule has 0 unspecified atom stereocenters. The van der Waals surface area contributed by atoms with Gasteiger partial charge in [0.15, 0.2) is 0 Å². The van der Waals surface area contributed by atoms with Crippen molar-refractivity contribution in [1.82, 2.24) is 16.0 Å². The molecule has 3 rings (SSSR count). The van der Waals surface area contributed by atoms with Crippen molar-refractivity contribution in [1.29, 1.82) is 0 Å². The molecule has 1 aliphatic rings. The normalized spacial score (nSPS) is 17.2. The second kappa shape index (κ2) is 12.1. The number of hydrogen-bond acceptors (Lipinski definition) is 4. The largest absolute Gasteiger partial charge is 0.356 e. The van der Waals surface area contributed by atoms with Crippen LogP contribution in [0.5, 0.6) is 0 Å². The number of rotatable bonds is 10. The molecule has 0 aliphatic carbocycles. The van der Waals surface area contributed by atoms with E-state index in [4.69, 9.17) is 0 Å². The molecular formula is C25H26BrN3O4. The summed E-state index contributed by atoms with van der Waals surface area (Å²) in [5.41, 5.74) is 1.70. The van der Waals surface area contributed by atoms with E-state index < -0.39 is 23.9 Å². The molecule has 0 bridgehead atoms. The Hall–Kier alpha value is -3.26. The standard InChI is InChI=1S/C25H26BrN3O4/c26-20-8-4-7-18(13-20)9-10-23(31)29-22(14-17-5-2-1-3-6-17)25(33)28-21(16-30)15-19-11-12-27-24(19)32/h1-10,13,16,19,21-22H,11-12,14-15H2,(H,27,32)(H,28,33)(H,29,31)/b10-9+/t19-,21-,22-/m0/s1. The van der Waals surface area contributed by atoms with Gasteiger partial charge in [0.1, 0.15) is 12.3 Å². The monoisotopic (exact) mass is 511 g/mol. The molecule has 172 valence electrons. The number of nitrogens with one attached hydrogen (secondary N) is 3. The van der Waals surface area contributed by atoms with Gasteiger partial charge < -0.3 is 20.7 Å². The Bertz CT molecular complexity index is 1030. The molecule has 0 spiro atoms. The molecule has 2 aromatic carbocycles. The lowest BCUT2D eigenvalue weighted by Gasteiger charge is -2.21. The first-order chi connectivity index (χ1) is 15.9. The van der Waals surface area contributed by atoms with Gasteiger partial charge in [-0.15, -0.1) is 0 Å². The van der Waals surface area contributed by atoms with Gasteiger partial charge in [-0.1, -0.05) is 58.4 Å². The number of hydrogen-bond donors (Lipinski definition) is 3. The zero-order valence-corrected chi connectivity index (χ0v) is 19.6. The van der Waals surface area contributed by atoms with E-state index in [1.54, 1.807) is 6.08 Å². The van der Waals surface area contributed by atoms with Gasteiger partial charge in [-0.2, -0.15) is 0 Å². The van der Waals surface area contributed by atoms with E-state index in [2.05, 4.69) is 31.9 Å². The Balaban J connectivity index is 1.68. The lowest BCUT2D eigenvalue weighted by molar-refractivity contribution is -0.129. The third kappa shape index (κ3) is 7.68. The van der Waals surface area contributed by atoms with Crippen molar-refractivity contribution < 1.29 is 19.2 Å². The van der Waals surface area contributed by atoms with E-state index in [9.17, 15) is 19.2 Å². The van der Waals surface area contributed by atoms with E-state index in [1.165, 1.54) is 6.08 Å². The molecule has 3 amide bonds. The molecule has 1 aliphatic heterocycles. The summed E-state index contributed by atoms with van der Waals surface area (Å²) in [6, 6.07) is 15.1. The van der Waals surface area contributed by atoms with Crippen LogP contribution in [-0.4, -0.2) is 42.6 Å². The molecule has 7 nitrogen and oxygen atoms in total. The van der Waals surface area contributed by atoms with Crippen molar-refractivity contribution in [3.63, 3.8) is 0 Å². The number of aldehydes is 1. The second-order valence-electron chi connectivity index (χ2n) is 7.90. The number of carbonyl (C=O) groups is 4. The van der Waals surface area contributed by atoms with Crippen molar-refractivity contribution in [3.8, 4) is 0 Å². The quantitative estimate of drug-likeness (QED) is 0.336. The van der Waals surface area contributed by atoms with Crippen molar-refractivity contribution in [2.45, 2.75) is 31.3 Å². The minimum atomic E-state index is -0.882. The Morgan fingerprint density at radius 2 is 1.91 bits per heavy atom. The predicted octanol–water partition coefficient (Wildman–Crippen LogP) is 2.40. The van der Waals surface area contributed by atoms with Gasteiger partial charge in [-0.3, -0.25) is 14.4 Å². The first-order valence-electron chi connectivity index (χ1n) is 10.8. The Kier molecular flexibility index (Phi) is 8.95. The maximum Gasteiger partial charge on any atom is 0.244 e. The van der Waals surface area contributed by atoms with Crippen LogP contribution < -0.4 is 16.0 Å². The molecule has 0 saturated carbocycles. The lowest BCUT2D eigenvalue weighted by atomic mass is 9.98. The minimum absolute atomic E-state index is 0.108. The Morgan fingerprint density at radius 1 is 1.12 bits per heavy atom. The van der Waals surface area contributed by atoms with Gasteiger partial charge in [0.25, 0.3) is 0 Å². The summed E-state index contributed by atoms with van der Waals surface area (Å²) in [5, 5.41) is 8.16. The predicted molar refractivity (Wildman–Crippen MR) is 129 cm³/mol. The Morgan fingerprint density at radius 3 is 2.58 bits per heavy atom. The Labute approximate surface area is 201 Å². The molecule has 3 N–H and O–H groups in total. The van der Waals surface area contributed by atoms with Gasteiger partial charge in [-0.25, -0.2) is 0 Å². The summed E-state index contributed by atoms with van der Waals surface area (Å²) < 4.78 is 0.891. The van der Waals surface area contributed by atoms with Crippen molar-refractivity contribution in [2.24, 2.45) is 5.92 Å². The molecule has 8 heteroatoms. The highest BCUT2D eigenvalue weighted by Crippen LogP contribution is 2.16. The van der Waals surface area contributed by atoms with Crippen LogP contribution in [0.3, 0.4) is 0 Å². The first kappa shape index (κ1) is 24.4. The molecule has 1 saturated heterocycles. The van der Waals surface area contributed by atoms with E-state index in [0.29, 0.717) is 19.3 Å². The SMILES string of the molecule is O=C[C@H](C[C@@H]1CCNC1=O)NC(=O)[C@H](Cc1ccccc1)NC(=O)/C=C/c1cccc(Br)c1. The van der Waals surface area contributed by atoms with Gasteiger partial charge in [0.05, 0.1) is 6.04 Å². The number of halogens is 1. The zero-order valence-electron chi connectivity index (χ0n) is 18.0. The minimum Gasteiger partial charge on any atom is -0.356 e. The number of benzene rings is 2. The third-order valence-corrected chi connectivity index (χ3v) is 5.88.